The van der Waals surface area contributed by atoms with Gasteiger partial charge in [0.1, 0.15) is 5.82 Å². The molecule has 0 amide bonds. The van der Waals surface area contributed by atoms with Crippen molar-refractivity contribution >= 4 is 16.9 Å². The normalized spacial score (nSPS) is 10.8. The van der Waals surface area contributed by atoms with Crippen molar-refractivity contribution in [1.82, 2.24) is 4.57 Å². The van der Waals surface area contributed by atoms with Crippen molar-refractivity contribution in [3.05, 3.63) is 81.9 Å². The van der Waals surface area contributed by atoms with Gasteiger partial charge < -0.3 is 9.67 Å². The largest absolute Gasteiger partial charge is 0.478 e. The molecule has 1 aromatic heterocycles. The number of carboxylic acids is 1. The van der Waals surface area contributed by atoms with Crippen molar-refractivity contribution < 1.29 is 14.3 Å². The molecular weight excluding hydrogens is 285 g/mol. The Kier molecular flexibility index (Phi) is 3.47. The van der Waals surface area contributed by atoms with E-state index in [-0.39, 0.29) is 11.0 Å². The highest BCUT2D eigenvalue weighted by Gasteiger charge is 2.11. The summed E-state index contributed by atoms with van der Waals surface area (Å²) in [6.45, 7) is 0.349. The van der Waals surface area contributed by atoms with E-state index in [1.165, 1.54) is 18.2 Å². The quantitative estimate of drug-likeness (QED) is 0.808. The molecule has 0 fully saturated rings. The third-order valence-corrected chi connectivity index (χ3v) is 3.50. The Morgan fingerprint density at radius 2 is 1.91 bits per heavy atom. The van der Waals surface area contributed by atoms with Gasteiger partial charge in [0.25, 0.3) is 0 Å². The van der Waals surface area contributed by atoms with Crippen molar-refractivity contribution in [2.45, 2.75) is 6.54 Å². The number of hydrogen-bond donors (Lipinski definition) is 1. The summed E-state index contributed by atoms with van der Waals surface area (Å²) in [6, 6.07) is 12.6. The van der Waals surface area contributed by atoms with Gasteiger partial charge in [-0.1, -0.05) is 18.2 Å². The topological polar surface area (TPSA) is 59.3 Å². The van der Waals surface area contributed by atoms with Crippen LogP contribution in [0.1, 0.15) is 15.9 Å². The van der Waals surface area contributed by atoms with Crippen molar-refractivity contribution in [3.63, 3.8) is 0 Å². The number of carboxylic acid groups (broad SMARTS) is 1. The van der Waals surface area contributed by atoms with Crippen LogP contribution in [-0.4, -0.2) is 15.6 Å². The summed E-state index contributed by atoms with van der Waals surface area (Å²) in [7, 11) is 0. The van der Waals surface area contributed by atoms with Crippen LogP contribution in [-0.2, 0) is 6.54 Å². The Labute approximate surface area is 125 Å². The first kappa shape index (κ1) is 14.0. The maximum Gasteiger partial charge on any atom is 0.338 e. The molecule has 0 spiro atoms. The molecule has 5 heteroatoms. The van der Waals surface area contributed by atoms with Crippen LogP contribution in [0, 0.1) is 5.82 Å². The molecule has 22 heavy (non-hydrogen) atoms. The van der Waals surface area contributed by atoms with Gasteiger partial charge in [0.2, 0.25) is 0 Å². The van der Waals surface area contributed by atoms with Crippen LogP contribution in [0.5, 0.6) is 0 Å². The molecule has 0 saturated heterocycles. The Hall–Kier alpha value is -2.95. The zero-order chi connectivity index (χ0) is 15.7. The fourth-order valence-electron chi connectivity index (χ4n) is 2.43. The molecule has 0 radical (unpaired) electrons. The van der Waals surface area contributed by atoms with E-state index in [1.807, 2.05) is 16.7 Å². The minimum atomic E-state index is -1.30. The molecule has 3 aromatic rings. The molecule has 1 heterocycles. The smallest absolute Gasteiger partial charge is 0.338 e. The van der Waals surface area contributed by atoms with Gasteiger partial charge in [-0.3, -0.25) is 4.79 Å². The van der Waals surface area contributed by atoms with Crippen LogP contribution in [0.4, 0.5) is 4.39 Å². The predicted molar refractivity (Wildman–Crippen MR) is 80.7 cm³/mol. The first-order chi connectivity index (χ1) is 10.6. The monoisotopic (exact) mass is 297 g/mol. The average molecular weight is 297 g/mol. The highest BCUT2D eigenvalue weighted by molar-refractivity contribution is 5.88. The number of benzene rings is 2. The van der Waals surface area contributed by atoms with Gasteiger partial charge in [0.15, 0.2) is 5.43 Å². The average Bonchev–Trinajstić information content (AvgIpc) is 2.52. The number of halogens is 1. The number of aromatic nitrogens is 1. The predicted octanol–water partition coefficient (Wildman–Crippen LogP) is 2.89. The summed E-state index contributed by atoms with van der Waals surface area (Å²) in [5.41, 5.74) is 0.962. The maximum atomic E-state index is 13.4. The second-order valence-corrected chi connectivity index (χ2v) is 4.94. The molecule has 0 bridgehead atoms. The van der Waals surface area contributed by atoms with E-state index in [2.05, 4.69) is 0 Å². The van der Waals surface area contributed by atoms with Crippen molar-refractivity contribution in [1.29, 1.82) is 0 Å². The number of carbonyl (C=O) groups is 1. The zero-order valence-corrected chi connectivity index (χ0v) is 11.5. The minimum absolute atomic E-state index is 0.0721. The van der Waals surface area contributed by atoms with Crippen molar-refractivity contribution in [2.75, 3.05) is 0 Å². The first-order valence-electron chi connectivity index (χ1n) is 6.66. The van der Waals surface area contributed by atoms with Crippen molar-refractivity contribution in [3.8, 4) is 0 Å². The minimum Gasteiger partial charge on any atom is -0.478 e. The number of hydrogen-bond acceptors (Lipinski definition) is 2. The summed E-state index contributed by atoms with van der Waals surface area (Å²) >= 11 is 0. The fraction of sp³-hybridized carbons (Fsp3) is 0.0588. The molecule has 1 N–H and O–H groups in total. The van der Waals surface area contributed by atoms with Gasteiger partial charge in [0.05, 0.1) is 11.1 Å². The summed E-state index contributed by atoms with van der Waals surface area (Å²) in [6.07, 6.45) is 1.65. The second kappa shape index (κ2) is 5.44. The number of para-hydroxylation sites is 1. The number of aromatic carboxylic acids is 1. The Balaban J connectivity index is 2.08. The van der Waals surface area contributed by atoms with Gasteiger partial charge in [-0.2, -0.15) is 0 Å². The van der Waals surface area contributed by atoms with Gasteiger partial charge in [-0.15, -0.1) is 0 Å². The maximum absolute atomic E-state index is 13.4. The highest BCUT2D eigenvalue weighted by atomic mass is 19.1. The van der Waals surface area contributed by atoms with E-state index in [4.69, 9.17) is 5.11 Å². The molecular formula is C17H12FNO3. The summed E-state index contributed by atoms with van der Waals surface area (Å²) < 4.78 is 15.3. The standard InChI is InChI=1S/C17H12FNO3/c18-14-6-5-11(9-13(14)17(21)22)10-19-8-7-16(20)12-3-1-2-4-15(12)19/h1-9H,10H2,(H,21,22). The number of fused-ring (bicyclic) bond motifs is 1. The third-order valence-electron chi connectivity index (χ3n) is 3.50. The van der Waals surface area contributed by atoms with E-state index in [1.54, 1.807) is 18.3 Å². The highest BCUT2D eigenvalue weighted by Crippen LogP contribution is 2.15. The van der Waals surface area contributed by atoms with Crippen LogP contribution in [0.2, 0.25) is 0 Å². The lowest BCUT2D eigenvalue weighted by atomic mass is 10.1. The zero-order valence-electron chi connectivity index (χ0n) is 11.5. The van der Waals surface area contributed by atoms with E-state index in [0.717, 1.165) is 11.6 Å². The SMILES string of the molecule is O=C(O)c1cc(Cn2ccc(=O)c3ccccc32)ccc1F. The van der Waals surface area contributed by atoms with E-state index >= 15 is 0 Å². The first-order valence-corrected chi connectivity index (χ1v) is 6.66. The molecule has 0 atom stereocenters. The van der Waals surface area contributed by atoms with Crippen LogP contribution in [0.3, 0.4) is 0 Å². The second-order valence-electron chi connectivity index (χ2n) is 4.94. The number of pyridine rings is 1. The molecule has 0 aliphatic rings. The van der Waals surface area contributed by atoms with E-state index < -0.39 is 11.8 Å². The molecule has 110 valence electrons. The van der Waals surface area contributed by atoms with Gasteiger partial charge in [-0.25, -0.2) is 9.18 Å². The van der Waals surface area contributed by atoms with Crippen LogP contribution >= 0.6 is 0 Å². The molecule has 0 saturated carbocycles. The summed E-state index contributed by atoms with van der Waals surface area (Å²) in [4.78, 5) is 22.8. The number of nitrogens with zero attached hydrogens (tertiary/aromatic N) is 1. The summed E-state index contributed by atoms with van der Waals surface area (Å²) in [5.74, 6) is -2.06. The van der Waals surface area contributed by atoms with Crippen LogP contribution < -0.4 is 5.43 Å². The lowest BCUT2D eigenvalue weighted by Gasteiger charge is -2.11. The Bertz CT molecular complexity index is 931. The van der Waals surface area contributed by atoms with E-state index in [9.17, 15) is 14.0 Å². The Morgan fingerprint density at radius 3 is 2.68 bits per heavy atom. The Morgan fingerprint density at radius 1 is 1.14 bits per heavy atom. The molecule has 0 aliphatic heterocycles. The lowest BCUT2D eigenvalue weighted by molar-refractivity contribution is 0.0691. The van der Waals surface area contributed by atoms with Crippen LogP contribution in [0.25, 0.3) is 10.9 Å². The lowest BCUT2D eigenvalue weighted by Crippen LogP contribution is -2.09. The van der Waals surface area contributed by atoms with Gasteiger partial charge in [-0.05, 0) is 29.8 Å². The van der Waals surface area contributed by atoms with E-state index in [0.29, 0.717) is 17.5 Å². The van der Waals surface area contributed by atoms with Crippen LogP contribution in [0.15, 0.2) is 59.5 Å². The molecule has 2 aromatic carbocycles. The summed E-state index contributed by atoms with van der Waals surface area (Å²) in [5, 5.41) is 9.56. The third kappa shape index (κ3) is 2.48. The fourth-order valence-corrected chi connectivity index (χ4v) is 2.43. The molecule has 0 unspecified atom stereocenters. The number of rotatable bonds is 3. The van der Waals surface area contributed by atoms with Gasteiger partial charge >= 0.3 is 5.97 Å². The van der Waals surface area contributed by atoms with Crippen molar-refractivity contribution in [2.24, 2.45) is 0 Å². The molecule has 0 aliphatic carbocycles. The van der Waals surface area contributed by atoms with Gasteiger partial charge in [0, 0.05) is 24.2 Å². The molecule has 3 rings (SSSR count). The molecule has 4 nitrogen and oxygen atoms in total.